The summed E-state index contributed by atoms with van der Waals surface area (Å²) in [6, 6.07) is 8.68. The van der Waals surface area contributed by atoms with Crippen LogP contribution in [-0.4, -0.2) is 42.4 Å². The van der Waals surface area contributed by atoms with E-state index in [1.165, 1.54) is 11.1 Å². The lowest BCUT2D eigenvalue weighted by Crippen LogP contribution is -2.38. The van der Waals surface area contributed by atoms with E-state index in [0.29, 0.717) is 12.5 Å². The Morgan fingerprint density at radius 3 is 2.10 bits per heavy atom. The van der Waals surface area contributed by atoms with Gasteiger partial charge < -0.3 is 4.90 Å². The summed E-state index contributed by atoms with van der Waals surface area (Å²) in [5.41, 5.74) is 2.61. The van der Waals surface area contributed by atoms with Gasteiger partial charge in [-0.1, -0.05) is 38.1 Å². The van der Waals surface area contributed by atoms with Gasteiger partial charge >= 0.3 is 0 Å². The average molecular weight is 276 g/mol. The van der Waals surface area contributed by atoms with E-state index in [4.69, 9.17) is 0 Å². The van der Waals surface area contributed by atoms with Crippen LogP contribution in [0.15, 0.2) is 24.3 Å². The summed E-state index contributed by atoms with van der Waals surface area (Å²) in [6.45, 7) is 11.3. The zero-order chi connectivity index (χ0) is 15.1. The van der Waals surface area contributed by atoms with Crippen molar-refractivity contribution in [1.82, 2.24) is 9.80 Å². The van der Waals surface area contributed by atoms with E-state index in [2.05, 4.69) is 43.0 Å². The highest BCUT2D eigenvalue weighted by atomic mass is 16.2. The fraction of sp³-hybridized carbons (Fsp3) is 0.588. The van der Waals surface area contributed by atoms with Gasteiger partial charge in [-0.25, -0.2) is 0 Å². The summed E-state index contributed by atoms with van der Waals surface area (Å²) < 4.78 is 0. The Morgan fingerprint density at radius 2 is 1.65 bits per heavy atom. The maximum Gasteiger partial charge on any atom is 0.236 e. The van der Waals surface area contributed by atoms with Crippen molar-refractivity contribution in [2.24, 2.45) is 0 Å². The first-order valence-electron chi connectivity index (χ1n) is 7.53. The highest BCUT2D eigenvalue weighted by Crippen LogP contribution is 2.15. The number of hydrogen-bond acceptors (Lipinski definition) is 2. The number of amides is 1. The van der Waals surface area contributed by atoms with Crippen LogP contribution in [0.1, 0.15) is 44.7 Å². The van der Waals surface area contributed by atoms with Gasteiger partial charge in [0, 0.05) is 19.6 Å². The number of carbonyl (C=O) groups is 1. The minimum absolute atomic E-state index is 0.205. The Hall–Kier alpha value is -1.35. The van der Waals surface area contributed by atoms with Gasteiger partial charge in [0.1, 0.15) is 0 Å². The first-order chi connectivity index (χ1) is 9.47. The first-order valence-corrected chi connectivity index (χ1v) is 7.53. The second kappa shape index (κ2) is 8.05. The van der Waals surface area contributed by atoms with Crippen molar-refractivity contribution in [2.75, 3.05) is 26.7 Å². The average Bonchev–Trinajstić information content (AvgIpc) is 2.40. The molecule has 0 aromatic heterocycles. The lowest BCUT2D eigenvalue weighted by atomic mass is 10.0. The van der Waals surface area contributed by atoms with Crippen LogP contribution >= 0.6 is 0 Å². The summed E-state index contributed by atoms with van der Waals surface area (Å²) in [7, 11) is 2.00. The molecule has 1 aromatic rings. The number of rotatable bonds is 7. The van der Waals surface area contributed by atoms with Crippen LogP contribution in [0.4, 0.5) is 0 Å². The zero-order valence-corrected chi connectivity index (χ0v) is 13.5. The minimum atomic E-state index is 0.205. The van der Waals surface area contributed by atoms with E-state index in [0.717, 1.165) is 19.6 Å². The largest absolute Gasteiger partial charge is 0.342 e. The predicted molar refractivity (Wildman–Crippen MR) is 84.8 cm³/mol. The molecular formula is C17H28N2O. The molecule has 0 unspecified atom stereocenters. The van der Waals surface area contributed by atoms with Gasteiger partial charge in [-0.15, -0.1) is 0 Å². The molecule has 0 saturated carbocycles. The topological polar surface area (TPSA) is 23.6 Å². The van der Waals surface area contributed by atoms with E-state index in [-0.39, 0.29) is 5.91 Å². The fourth-order valence-corrected chi connectivity index (χ4v) is 2.28. The van der Waals surface area contributed by atoms with Gasteiger partial charge in [-0.2, -0.15) is 0 Å². The second-order valence-electron chi connectivity index (χ2n) is 5.63. The molecule has 1 aromatic carbocycles. The third-order valence-corrected chi connectivity index (χ3v) is 3.62. The van der Waals surface area contributed by atoms with Gasteiger partial charge in [0.2, 0.25) is 5.91 Å². The van der Waals surface area contributed by atoms with Crippen LogP contribution in [0, 0.1) is 0 Å². The lowest BCUT2D eigenvalue weighted by molar-refractivity contribution is -0.131. The smallest absolute Gasteiger partial charge is 0.236 e. The van der Waals surface area contributed by atoms with Crippen molar-refractivity contribution in [1.29, 1.82) is 0 Å². The van der Waals surface area contributed by atoms with Crippen molar-refractivity contribution in [3.05, 3.63) is 35.4 Å². The highest BCUT2D eigenvalue weighted by Gasteiger charge is 2.12. The SMILES string of the molecule is CCN(CC)C(=O)CN(C)Cc1ccc(C(C)C)cc1. The molecule has 20 heavy (non-hydrogen) atoms. The summed E-state index contributed by atoms with van der Waals surface area (Å²) in [4.78, 5) is 16.0. The van der Waals surface area contributed by atoms with E-state index in [9.17, 15) is 4.79 Å². The number of likely N-dealkylation sites (N-methyl/N-ethyl adjacent to an activating group) is 2. The van der Waals surface area contributed by atoms with E-state index in [1.54, 1.807) is 0 Å². The number of nitrogens with zero attached hydrogens (tertiary/aromatic N) is 2. The van der Waals surface area contributed by atoms with E-state index < -0.39 is 0 Å². The van der Waals surface area contributed by atoms with Gasteiger partial charge in [0.15, 0.2) is 0 Å². The molecular weight excluding hydrogens is 248 g/mol. The van der Waals surface area contributed by atoms with Crippen molar-refractivity contribution in [3.8, 4) is 0 Å². The summed E-state index contributed by atoms with van der Waals surface area (Å²) in [5, 5.41) is 0. The molecule has 0 aliphatic carbocycles. The molecule has 1 amide bonds. The maximum absolute atomic E-state index is 12.0. The van der Waals surface area contributed by atoms with Crippen molar-refractivity contribution in [2.45, 2.75) is 40.2 Å². The fourth-order valence-electron chi connectivity index (χ4n) is 2.28. The lowest BCUT2D eigenvalue weighted by Gasteiger charge is -2.23. The molecule has 0 aliphatic heterocycles. The predicted octanol–water partition coefficient (Wildman–Crippen LogP) is 3.11. The monoisotopic (exact) mass is 276 g/mol. The van der Waals surface area contributed by atoms with Crippen LogP contribution < -0.4 is 0 Å². The Labute approximate surface area is 123 Å². The van der Waals surface area contributed by atoms with Crippen molar-refractivity contribution in [3.63, 3.8) is 0 Å². The summed E-state index contributed by atoms with van der Waals surface area (Å²) >= 11 is 0. The van der Waals surface area contributed by atoms with Gasteiger partial charge in [0.05, 0.1) is 6.54 Å². The number of carbonyl (C=O) groups excluding carboxylic acids is 1. The third kappa shape index (κ3) is 4.97. The van der Waals surface area contributed by atoms with Crippen molar-refractivity contribution < 1.29 is 4.79 Å². The third-order valence-electron chi connectivity index (χ3n) is 3.62. The zero-order valence-electron chi connectivity index (χ0n) is 13.5. The van der Waals surface area contributed by atoms with Gasteiger partial charge in [0.25, 0.3) is 0 Å². The van der Waals surface area contributed by atoms with Gasteiger partial charge in [-0.3, -0.25) is 9.69 Å². The van der Waals surface area contributed by atoms with Crippen LogP contribution in [0.5, 0.6) is 0 Å². The molecule has 0 fully saturated rings. The molecule has 0 bridgehead atoms. The Bertz CT molecular complexity index is 408. The van der Waals surface area contributed by atoms with E-state index in [1.807, 2.05) is 25.8 Å². The second-order valence-corrected chi connectivity index (χ2v) is 5.63. The molecule has 0 spiro atoms. The highest BCUT2D eigenvalue weighted by molar-refractivity contribution is 5.78. The minimum Gasteiger partial charge on any atom is -0.342 e. The molecule has 3 nitrogen and oxygen atoms in total. The molecule has 0 heterocycles. The van der Waals surface area contributed by atoms with Crippen LogP contribution in [-0.2, 0) is 11.3 Å². The normalized spacial score (nSPS) is 11.2. The molecule has 1 rings (SSSR count). The summed E-state index contributed by atoms with van der Waals surface area (Å²) in [6.07, 6.45) is 0. The molecule has 0 N–H and O–H groups in total. The first kappa shape index (κ1) is 16.7. The molecule has 0 radical (unpaired) electrons. The Kier molecular flexibility index (Phi) is 6.73. The quantitative estimate of drug-likeness (QED) is 0.764. The van der Waals surface area contributed by atoms with Crippen LogP contribution in [0.3, 0.4) is 0 Å². The Morgan fingerprint density at radius 1 is 1.10 bits per heavy atom. The molecule has 112 valence electrons. The van der Waals surface area contributed by atoms with Gasteiger partial charge in [-0.05, 0) is 37.9 Å². The van der Waals surface area contributed by atoms with Crippen LogP contribution in [0.2, 0.25) is 0 Å². The molecule has 0 aliphatic rings. The molecule has 0 saturated heterocycles. The Balaban J connectivity index is 2.53. The molecule has 3 heteroatoms. The number of benzene rings is 1. The summed E-state index contributed by atoms with van der Waals surface area (Å²) in [5.74, 6) is 0.766. The maximum atomic E-state index is 12.0. The number of hydrogen-bond donors (Lipinski definition) is 0. The molecule has 0 atom stereocenters. The van der Waals surface area contributed by atoms with Crippen molar-refractivity contribution >= 4 is 5.91 Å². The van der Waals surface area contributed by atoms with E-state index >= 15 is 0 Å². The van der Waals surface area contributed by atoms with Crippen LogP contribution in [0.25, 0.3) is 0 Å². The standard InChI is InChI=1S/C17H28N2O/c1-6-19(7-2)17(20)13-18(5)12-15-8-10-16(11-9-15)14(3)4/h8-11,14H,6-7,12-13H2,1-5H3.